The minimum absolute atomic E-state index is 0.0232. The van der Waals surface area contributed by atoms with E-state index in [1.165, 1.54) is 18.3 Å². The number of nitrogens with one attached hydrogen (secondary N) is 3. The van der Waals surface area contributed by atoms with Crippen molar-refractivity contribution in [1.29, 1.82) is 16.1 Å². The Hall–Kier alpha value is -3.24. The number of aromatic nitrogens is 1. The molecule has 1 fully saturated rings. The summed E-state index contributed by atoms with van der Waals surface area (Å²) >= 11 is 0. The Balaban J connectivity index is 1.78. The topological polar surface area (TPSA) is 120 Å². The molecule has 0 spiro atoms. The first-order valence-electron chi connectivity index (χ1n) is 10.3. The van der Waals surface area contributed by atoms with Gasteiger partial charge in [0.15, 0.2) is 0 Å². The van der Waals surface area contributed by atoms with Crippen LogP contribution in [0.5, 0.6) is 5.75 Å². The van der Waals surface area contributed by atoms with Crippen LogP contribution in [0.25, 0.3) is 10.9 Å². The fourth-order valence-electron chi connectivity index (χ4n) is 4.55. The average molecular weight is 419 g/mol. The van der Waals surface area contributed by atoms with E-state index in [4.69, 9.17) is 16.1 Å². The SMILES string of the molecule is CN(C(=N)/C=C\C(=N)c1cc2cc(C#N)cnc2cc1O)C1CC(C)(C)NC(C)(C)C1. The standard InChI is InChI=1S/C24H30N6O/c1-23(2)11-17(12-24(3,4)29-23)30(5)22(27)7-6-19(26)18-9-16-8-15(13-25)14-28-20(16)10-21(18)31/h6-10,14,17,26-27,29,31H,11-12H2,1-5H3/b7-6-,26-19?,27-22?. The van der Waals surface area contributed by atoms with Crippen molar-refractivity contribution in [3.05, 3.63) is 47.7 Å². The van der Waals surface area contributed by atoms with Crippen LogP contribution in [0.1, 0.15) is 51.7 Å². The van der Waals surface area contributed by atoms with Crippen molar-refractivity contribution in [2.75, 3.05) is 7.05 Å². The molecule has 0 atom stereocenters. The Morgan fingerprint density at radius 3 is 2.45 bits per heavy atom. The number of nitrogens with zero attached hydrogens (tertiary/aromatic N) is 3. The maximum Gasteiger partial charge on any atom is 0.127 e. The van der Waals surface area contributed by atoms with E-state index < -0.39 is 0 Å². The number of hydrogen-bond donors (Lipinski definition) is 4. The van der Waals surface area contributed by atoms with Crippen LogP contribution in [-0.2, 0) is 0 Å². The molecule has 3 rings (SSSR count). The summed E-state index contributed by atoms with van der Waals surface area (Å²) in [4.78, 5) is 6.12. The third-order valence-electron chi connectivity index (χ3n) is 5.72. The first-order chi connectivity index (χ1) is 14.4. The highest BCUT2D eigenvalue weighted by molar-refractivity contribution is 6.12. The molecule has 7 heteroatoms. The fraction of sp³-hybridized carbons (Fsp3) is 0.417. The first-order valence-corrected chi connectivity index (χ1v) is 10.3. The number of phenols is 1. The molecule has 162 valence electrons. The van der Waals surface area contributed by atoms with E-state index in [-0.39, 0.29) is 28.6 Å². The second-order valence-corrected chi connectivity index (χ2v) is 9.60. The lowest BCUT2D eigenvalue weighted by atomic mass is 9.79. The van der Waals surface area contributed by atoms with Crippen molar-refractivity contribution in [3.8, 4) is 11.8 Å². The Morgan fingerprint density at radius 1 is 1.19 bits per heavy atom. The summed E-state index contributed by atoms with van der Waals surface area (Å²) in [6.07, 6.45) is 6.41. The highest BCUT2D eigenvalue weighted by atomic mass is 16.3. The zero-order valence-electron chi connectivity index (χ0n) is 18.7. The van der Waals surface area contributed by atoms with Gasteiger partial charge in [0.1, 0.15) is 17.7 Å². The van der Waals surface area contributed by atoms with Crippen molar-refractivity contribution < 1.29 is 5.11 Å². The van der Waals surface area contributed by atoms with E-state index in [0.29, 0.717) is 27.9 Å². The number of likely N-dealkylation sites (N-methyl/N-ethyl adjacent to an activating group) is 1. The summed E-state index contributed by atoms with van der Waals surface area (Å²) in [5.41, 5.74) is 1.35. The molecule has 0 aliphatic carbocycles. The number of allylic oxidation sites excluding steroid dienone is 1. The third kappa shape index (κ3) is 5.09. The molecule has 4 N–H and O–H groups in total. The Morgan fingerprint density at radius 2 is 1.84 bits per heavy atom. The van der Waals surface area contributed by atoms with Crippen molar-refractivity contribution in [2.45, 2.75) is 57.7 Å². The van der Waals surface area contributed by atoms with Gasteiger partial charge in [0, 0.05) is 47.4 Å². The molecule has 2 heterocycles. The Bertz CT molecular complexity index is 1090. The van der Waals surface area contributed by atoms with Gasteiger partial charge in [0.05, 0.1) is 16.8 Å². The third-order valence-corrected chi connectivity index (χ3v) is 5.72. The maximum absolute atomic E-state index is 10.3. The largest absolute Gasteiger partial charge is 0.507 e. The van der Waals surface area contributed by atoms with Crippen LogP contribution in [0.15, 0.2) is 36.5 Å². The van der Waals surface area contributed by atoms with Crippen LogP contribution >= 0.6 is 0 Å². The molecule has 0 radical (unpaired) electrons. The van der Waals surface area contributed by atoms with Gasteiger partial charge in [-0.1, -0.05) is 0 Å². The molecule has 1 aliphatic rings. The summed E-state index contributed by atoms with van der Waals surface area (Å²) in [7, 11) is 1.92. The maximum atomic E-state index is 10.3. The van der Waals surface area contributed by atoms with Crippen LogP contribution < -0.4 is 5.32 Å². The number of nitriles is 1. The van der Waals surface area contributed by atoms with E-state index in [1.807, 2.05) is 18.0 Å². The molecule has 1 saturated heterocycles. The van der Waals surface area contributed by atoms with E-state index in [2.05, 4.69) is 38.0 Å². The van der Waals surface area contributed by atoms with Gasteiger partial charge in [-0.2, -0.15) is 5.26 Å². The number of piperidine rings is 1. The molecule has 2 aromatic rings. The number of aromatic hydroxyl groups is 1. The zero-order valence-corrected chi connectivity index (χ0v) is 18.7. The number of amidine groups is 1. The van der Waals surface area contributed by atoms with Gasteiger partial charge in [-0.05, 0) is 64.8 Å². The molecule has 1 aliphatic heterocycles. The molecule has 31 heavy (non-hydrogen) atoms. The molecule has 0 saturated carbocycles. The number of phenolic OH excluding ortho intramolecular Hbond substituents is 1. The lowest BCUT2D eigenvalue weighted by molar-refractivity contribution is 0.114. The number of fused-ring (bicyclic) bond motifs is 1. The van der Waals surface area contributed by atoms with Gasteiger partial charge in [-0.15, -0.1) is 0 Å². The molecule has 0 bridgehead atoms. The number of hydrogen-bond acceptors (Lipinski definition) is 6. The minimum atomic E-state index is -0.0545. The van der Waals surface area contributed by atoms with E-state index in [9.17, 15) is 5.11 Å². The average Bonchev–Trinajstić information content (AvgIpc) is 2.67. The van der Waals surface area contributed by atoms with E-state index in [1.54, 1.807) is 18.2 Å². The lowest BCUT2D eigenvalue weighted by Gasteiger charge is -2.49. The van der Waals surface area contributed by atoms with Crippen molar-refractivity contribution in [3.63, 3.8) is 0 Å². The smallest absolute Gasteiger partial charge is 0.127 e. The predicted molar refractivity (Wildman–Crippen MR) is 124 cm³/mol. The predicted octanol–water partition coefficient (Wildman–Crippen LogP) is 3.95. The normalized spacial score (nSPS) is 18.1. The molecule has 1 aromatic carbocycles. The van der Waals surface area contributed by atoms with Crippen molar-refractivity contribution in [1.82, 2.24) is 15.2 Å². The lowest BCUT2D eigenvalue weighted by Crippen LogP contribution is -2.62. The van der Waals surface area contributed by atoms with Crippen LogP contribution in [0.3, 0.4) is 0 Å². The van der Waals surface area contributed by atoms with Gasteiger partial charge in [-0.3, -0.25) is 10.4 Å². The van der Waals surface area contributed by atoms with Gasteiger partial charge >= 0.3 is 0 Å². The molecule has 0 unspecified atom stereocenters. The highest BCUT2D eigenvalue weighted by Gasteiger charge is 2.39. The second kappa shape index (κ2) is 8.12. The van der Waals surface area contributed by atoms with Crippen LogP contribution in [0.4, 0.5) is 0 Å². The van der Waals surface area contributed by atoms with Crippen LogP contribution in [-0.4, -0.2) is 50.7 Å². The summed E-state index contributed by atoms with van der Waals surface area (Å²) < 4.78 is 0. The number of pyridine rings is 1. The molecule has 0 amide bonds. The minimum Gasteiger partial charge on any atom is -0.507 e. The second-order valence-electron chi connectivity index (χ2n) is 9.60. The van der Waals surface area contributed by atoms with Crippen molar-refractivity contribution >= 4 is 22.5 Å². The van der Waals surface area contributed by atoms with E-state index in [0.717, 1.165) is 12.8 Å². The summed E-state index contributed by atoms with van der Waals surface area (Å²) in [5, 5.41) is 40.6. The van der Waals surface area contributed by atoms with Gasteiger partial charge in [0.2, 0.25) is 0 Å². The van der Waals surface area contributed by atoms with Crippen LogP contribution in [0.2, 0.25) is 0 Å². The summed E-state index contributed by atoms with van der Waals surface area (Å²) in [5.74, 6) is 0.262. The highest BCUT2D eigenvalue weighted by Crippen LogP contribution is 2.31. The Labute approximate surface area is 183 Å². The quantitative estimate of drug-likeness (QED) is 0.443. The van der Waals surface area contributed by atoms with Gasteiger partial charge < -0.3 is 20.7 Å². The Kier molecular flexibility index (Phi) is 5.88. The van der Waals surface area contributed by atoms with Crippen molar-refractivity contribution in [2.24, 2.45) is 0 Å². The molecule has 7 nitrogen and oxygen atoms in total. The first kappa shape index (κ1) is 22.4. The van der Waals surface area contributed by atoms with E-state index >= 15 is 0 Å². The molecule has 1 aromatic heterocycles. The zero-order chi connectivity index (χ0) is 23.0. The summed E-state index contributed by atoms with van der Waals surface area (Å²) in [6, 6.07) is 7.08. The number of rotatable bonds is 4. The summed E-state index contributed by atoms with van der Waals surface area (Å²) in [6.45, 7) is 8.72. The van der Waals surface area contributed by atoms with Crippen LogP contribution in [0, 0.1) is 22.1 Å². The fourth-order valence-corrected chi connectivity index (χ4v) is 4.55. The number of benzene rings is 1. The molecular weight excluding hydrogens is 388 g/mol. The molecular formula is C24H30N6O. The van der Waals surface area contributed by atoms with Gasteiger partial charge in [0.25, 0.3) is 0 Å². The monoisotopic (exact) mass is 418 g/mol. The van der Waals surface area contributed by atoms with Gasteiger partial charge in [-0.25, -0.2) is 0 Å².